The quantitative estimate of drug-likeness (QED) is 0.816. The molecule has 0 spiro atoms. The van der Waals surface area contributed by atoms with E-state index < -0.39 is 5.60 Å². The van der Waals surface area contributed by atoms with Crippen LogP contribution in [0.25, 0.3) is 0 Å². The molecule has 2 N–H and O–H groups in total. The van der Waals surface area contributed by atoms with E-state index in [2.05, 4.69) is 5.32 Å². The number of rotatable bonds is 5. The minimum Gasteiger partial charge on any atom is -0.379 e. The molecule has 3 fully saturated rings. The van der Waals surface area contributed by atoms with E-state index in [9.17, 15) is 9.90 Å². The summed E-state index contributed by atoms with van der Waals surface area (Å²) in [4.78, 5) is 14.6. The maximum atomic E-state index is 12.7. The zero-order valence-corrected chi connectivity index (χ0v) is 13.1. The van der Waals surface area contributed by atoms with Crippen molar-refractivity contribution in [1.82, 2.24) is 10.2 Å². The average Bonchev–Trinajstić information content (AvgIpc) is 2.44. The van der Waals surface area contributed by atoms with E-state index in [4.69, 9.17) is 0 Å². The predicted molar refractivity (Wildman–Crippen MR) is 83.0 cm³/mol. The molecule has 1 heterocycles. The number of hydrogen-bond acceptors (Lipinski definition) is 3. The molecular weight excluding hydrogens is 264 g/mol. The first-order valence-corrected chi connectivity index (χ1v) is 8.92. The summed E-state index contributed by atoms with van der Waals surface area (Å²) in [5.41, 5.74) is -1.15. The first-order chi connectivity index (χ1) is 10.2. The van der Waals surface area contributed by atoms with Gasteiger partial charge in [0.2, 0.25) is 0 Å². The Kier molecular flexibility index (Phi) is 4.85. The zero-order chi connectivity index (χ0) is 14.7. The smallest absolute Gasteiger partial charge is 0.255 e. The van der Waals surface area contributed by atoms with E-state index in [1.165, 1.54) is 51.4 Å². The number of aliphatic hydroxyl groups is 1. The Bertz CT molecular complexity index is 364. The van der Waals surface area contributed by atoms with Gasteiger partial charge in [-0.2, -0.15) is 0 Å². The molecule has 0 unspecified atom stereocenters. The van der Waals surface area contributed by atoms with Crippen molar-refractivity contribution in [2.45, 2.75) is 75.9 Å². The first-order valence-electron chi connectivity index (χ1n) is 8.92. The van der Waals surface area contributed by atoms with Crippen molar-refractivity contribution in [3.8, 4) is 0 Å². The third-order valence-corrected chi connectivity index (χ3v) is 5.70. The third-order valence-electron chi connectivity index (χ3n) is 5.70. The van der Waals surface area contributed by atoms with Crippen LogP contribution in [0.5, 0.6) is 0 Å². The van der Waals surface area contributed by atoms with Crippen LogP contribution in [0.15, 0.2) is 0 Å². The summed E-state index contributed by atoms with van der Waals surface area (Å²) < 4.78 is 0. The topological polar surface area (TPSA) is 52.6 Å². The van der Waals surface area contributed by atoms with Crippen LogP contribution in [0.2, 0.25) is 0 Å². The van der Waals surface area contributed by atoms with Gasteiger partial charge in [-0.25, -0.2) is 0 Å². The summed E-state index contributed by atoms with van der Waals surface area (Å²) >= 11 is 0. The number of likely N-dealkylation sites (tertiary alicyclic amines) is 1. The number of carbonyl (C=O) groups is 1. The monoisotopic (exact) mass is 294 g/mol. The predicted octanol–water partition coefficient (Wildman–Crippen LogP) is 2.06. The van der Waals surface area contributed by atoms with Crippen LogP contribution in [0.3, 0.4) is 0 Å². The van der Waals surface area contributed by atoms with Crippen LogP contribution in [0, 0.1) is 5.92 Å². The molecule has 2 aliphatic carbocycles. The molecule has 4 heteroatoms. The van der Waals surface area contributed by atoms with Gasteiger partial charge in [0.25, 0.3) is 5.91 Å². The van der Waals surface area contributed by atoms with Crippen LogP contribution in [-0.2, 0) is 4.79 Å². The van der Waals surface area contributed by atoms with E-state index in [0.29, 0.717) is 24.9 Å². The van der Waals surface area contributed by atoms with E-state index in [-0.39, 0.29) is 5.91 Å². The molecule has 0 aromatic rings. The maximum Gasteiger partial charge on any atom is 0.255 e. The van der Waals surface area contributed by atoms with Crippen LogP contribution in [0.1, 0.15) is 64.2 Å². The van der Waals surface area contributed by atoms with Crippen LogP contribution in [0.4, 0.5) is 0 Å². The van der Waals surface area contributed by atoms with Gasteiger partial charge in [-0.05, 0) is 44.4 Å². The summed E-state index contributed by atoms with van der Waals surface area (Å²) in [5, 5.41) is 14.1. The molecule has 0 aromatic carbocycles. The highest BCUT2D eigenvalue weighted by Crippen LogP contribution is 2.29. The minimum atomic E-state index is -1.15. The summed E-state index contributed by atoms with van der Waals surface area (Å²) in [6.45, 7) is 2.14. The van der Waals surface area contributed by atoms with Gasteiger partial charge in [-0.1, -0.05) is 25.7 Å². The van der Waals surface area contributed by atoms with E-state index in [0.717, 1.165) is 19.5 Å². The number of nitrogens with one attached hydrogen (secondary N) is 1. The van der Waals surface area contributed by atoms with E-state index >= 15 is 0 Å². The SMILES string of the molecule is O=C1N(CC2CCCCC2)CCC[C@@]1(O)CNC1CCC1. The summed E-state index contributed by atoms with van der Waals surface area (Å²) in [7, 11) is 0. The maximum absolute atomic E-state index is 12.7. The number of hydrogen-bond donors (Lipinski definition) is 2. The molecule has 3 aliphatic rings. The third kappa shape index (κ3) is 3.59. The Balaban J connectivity index is 1.53. The summed E-state index contributed by atoms with van der Waals surface area (Å²) in [6.07, 6.45) is 11.7. The van der Waals surface area contributed by atoms with Crippen molar-refractivity contribution >= 4 is 5.91 Å². The average molecular weight is 294 g/mol. The summed E-state index contributed by atoms with van der Waals surface area (Å²) in [6, 6.07) is 0.524. The van der Waals surface area contributed by atoms with Gasteiger partial charge in [0, 0.05) is 25.7 Å². The Morgan fingerprint density at radius 2 is 1.86 bits per heavy atom. The highest BCUT2D eigenvalue weighted by atomic mass is 16.3. The molecule has 1 atom stereocenters. The molecule has 21 heavy (non-hydrogen) atoms. The first kappa shape index (κ1) is 15.3. The molecule has 4 nitrogen and oxygen atoms in total. The van der Waals surface area contributed by atoms with Crippen molar-refractivity contribution < 1.29 is 9.90 Å². The van der Waals surface area contributed by atoms with Gasteiger partial charge in [-0.3, -0.25) is 4.79 Å². The Labute approximate surface area is 128 Å². The second-order valence-electron chi connectivity index (χ2n) is 7.40. The summed E-state index contributed by atoms with van der Waals surface area (Å²) in [5.74, 6) is 0.635. The molecule has 0 bridgehead atoms. The van der Waals surface area contributed by atoms with Crippen molar-refractivity contribution in [3.05, 3.63) is 0 Å². The van der Waals surface area contributed by atoms with Crippen LogP contribution < -0.4 is 5.32 Å². The van der Waals surface area contributed by atoms with Crippen molar-refractivity contribution in [2.75, 3.05) is 19.6 Å². The fraction of sp³-hybridized carbons (Fsp3) is 0.941. The number of carbonyl (C=O) groups excluding carboxylic acids is 1. The lowest BCUT2D eigenvalue weighted by molar-refractivity contribution is -0.157. The minimum absolute atomic E-state index is 0.0221. The van der Waals surface area contributed by atoms with Crippen LogP contribution >= 0.6 is 0 Å². The van der Waals surface area contributed by atoms with Gasteiger partial charge < -0.3 is 15.3 Å². The standard InChI is InChI=1S/C17H30N2O2/c20-16-17(21,13-18-15-8-4-9-15)10-5-11-19(16)12-14-6-2-1-3-7-14/h14-15,18,21H,1-13H2/t17-/m1/s1. The molecule has 0 aromatic heterocycles. The van der Waals surface area contributed by atoms with Crippen LogP contribution in [-0.4, -0.2) is 47.2 Å². The van der Waals surface area contributed by atoms with Gasteiger partial charge in [0.15, 0.2) is 5.60 Å². The number of amides is 1. The molecule has 0 radical (unpaired) electrons. The molecule has 2 saturated carbocycles. The highest BCUT2D eigenvalue weighted by Gasteiger charge is 2.42. The molecule has 120 valence electrons. The lowest BCUT2D eigenvalue weighted by Gasteiger charge is -2.41. The fourth-order valence-electron chi connectivity index (χ4n) is 4.01. The number of piperidine rings is 1. The molecule has 1 aliphatic heterocycles. The lowest BCUT2D eigenvalue weighted by Crippen LogP contribution is -2.60. The number of nitrogens with zero attached hydrogens (tertiary/aromatic N) is 1. The second-order valence-corrected chi connectivity index (χ2v) is 7.40. The zero-order valence-electron chi connectivity index (χ0n) is 13.1. The molecule has 1 amide bonds. The Morgan fingerprint density at radius 3 is 2.52 bits per heavy atom. The highest BCUT2D eigenvalue weighted by molar-refractivity contribution is 5.86. The van der Waals surface area contributed by atoms with Crippen molar-refractivity contribution in [1.29, 1.82) is 0 Å². The Morgan fingerprint density at radius 1 is 1.10 bits per heavy atom. The molecule has 3 rings (SSSR count). The largest absolute Gasteiger partial charge is 0.379 e. The van der Waals surface area contributed by atoms with Crippen molar-refractivity contribution in [3.63, 3.8) is 0 Å². The lowest BCUT2D eigenvalue weighted by atomic mass is 9.86. The van der Waals surface area contributed by atoms with E-state index in [1.807, 2.05) is 4.90 Å². The molecular formula is C17H30N2O2. The van der Waals surface area contributed by atoms with Gasteiger partial charge in [-0.15, -0.1) is 0 Å². The fourth-order valence-corrected chi connectivity index (χ4v) is 4.01. The normalized spacial score (nSPS) is 32.2. The second kappa shape index (κ2) is 6.66. The van der Waals surface area contributed by atoms with Gasteiger partial charge in [0.1, 0.15) is 0 Å². The van der Waals surface area contributed by atoms with Gasteiger partial charge in [0.05, 0.1) is 0 Å². The Hall–Kier alpha value is -0.610. The van der Waals surface area contributed by atoms with Gasteiger partial charge >= 0.3 is 0 Å². The van der Waals surface area contributed by atoms with Crippen molar-refractivity contribution in [2.24, 2.45) is 5.92 Å². The van der Waals surface area contributed by atoms with E-state index in [1.54, 1.807) is 0 Å². The molecule has 1 saturated heterocycles.